The first-order chi connectivity index (χ1) is 23.2. The Morgan fingerprint density at radius 1 is 0.319 bits per heavy atom. The summed E-state index contributed by atoms with van der Waals surface area (Å²) < 4.78 is 1.06. The van der Waals surface area contributed by atoms with E-state index in [-0.39, 0.29) is 0 Å². The molecule has 0 nitrogen and oxygen atoms in total. The molecule has 0 bridgehead atoms. The molecule has 0 aliphatic rings. The summed E-state index contributed by atoms with van der Waals surface area (Å²) in [5, 5.41) is 0. The van der Waals surface area contributed by atoms with Crippen molar-refractivity contribution in [3.05, 3.63) is 226 Å². The van der Waals surface area contributed by atoms with Crippen molar-refractivity contribution in [1.29, 1.82) is 0 Å². The van der Waals surface area contributed by atoms with Gasteiger partial charge in [0.15, 0.2) is 0 Å². The first kappa shape index (κ1) is 30.2. The molecule has 47 heavy (non-hydrogen) atoms. The van der Waals surface area contributed by atoms with E-state index in [9.17, 15) is 0 Å². The minimum Gasteiger partial charge on any atom is -0.0622 e. The van der Waals surface area contributed by atoms with Gasteiger partial charge in [-0.25, -0.2) is 0 Å². The minimum atomic E-state index is 1.06. The van der Waals surface area contributed by atoms with Gasteiger partial charge in [0, 0.05) is 4.47 Å². The van der Waals surface area contributed by atoms with Gasteiger partial charge in [0.2, 0.25) is 0 Å². The zero-order valence-corrected chi connectivity index (χ0v) is 27.5. The Labute approximate surface area is 286 Å². The largest absolute Gasteiger partial charge is 0.0622 e. The van der Waals surface area contributed by atoms with E-state index in [0.717, 1.165) is 4.47 Å². The molecule has 0 aliphatic heterocycles. The average molecular weight is 666 g/mol. The molecule has 0 radical (unpaired) electrons. The van der Waals surface area contributed by atoms with Crippen molar-refractivity contribution >= 4 is 39.2 Å². The molecule has 0 N–H and O–H groups in total. The summed E-state index contributed by atoms with van der Waals surface area (Å²) in [4.78, 5) is 0. The second-order valence-electron chi connectivity index (χ2n) is 11.6. The van der Waals surface area contributed by atoms with Gasteiger partial charge < -0.3 is 0 Å². The highest BCUT2D eigenvalue weighted by molar-refractivity contribution is 9.10. The maximum absolute atomic E-state index is 3.79. The first-order valence-corrected chi connectivity index (χ1v) is 16.7. The second kappa shape index (κ2) is 14.3. The quantitative estimate of drug-likeness (QED) is 0.142. The van der Waals surface area contributed by atoms with Gasteiger partial charge in [0.1, 0.15) is 0 Å². The molecule has 224 valence electrons. The SMILES string of the molecule is Brc1cc(-c2ccc(C=C(c3ccccc3)c3ccccc3)cc2)cc(-c2ccc(C=C(c3ccccc3)c3ccccc3)cc2)c1. The van der Waals surface area contributed by atoms with Crippen molar-refractivity contribution < 1.29 is 0 Å². The maximum atomic E-state index is 3.79. The second-order valence-corrected chi connectivity index (χ2v) is 12.5. The fourth-order valence-corrected chi connectivity index (χ4v) is 6.43. The van der Waals surface area contributed by atoms with Gasteiger partial charge in [-0.1, -0.05) is 186 Å². The molecule has 0 unspecified atom stereocenters. The van der Waals surface area contributed by atoms with Crippen molar-refractivity contribution in [3.63, 3.8) is 0 Å². The van der Waals surface area contributed by atoms with E-state index in [0.29, 0.717) is 0 Å². The summed E-state index contributed by atoms with van der Waals surface area (Å²) in [6.07, 6.45) is 4.55. The molecule has 0 saturated heterocycles. The fraction of sp³-hybridized carbons (Fsp3) is 0. The summed E-state index contributed by atoms with van der Waals surface area (Å²) in [6.45, 7) is 0. The Morgan fingerprint density at radius 2 is 0.617 bits per heavy atom. The Balaban J connectivity index is 1.17. The smallest absolute Gasteiger partial charge is 0.0187 e. The van der Waals surface area contributed by atoms with Crippen molar-refractivity contribution in [2.45, 2.75) is 0 Å². The van der Waals surface area contributed by atoms with Gasteiger partial charge in [-0.15, -0.1) is 0 Å². The first-order valence-electron chi connectivity index (χ1n) is 15.9. The zero-order valence-electron chi connectivity index (χ0n) is 25.9. The fourth-order valence-electron chi connectivity index (χ4n) is 5.94. The Morgan fingerprint density at radius 3 is 0.915 bits per heavy atom. The normalized spacial score (nSPS) is 10.7. The van der Waals surface area contributed by atoms with Crippen LogP contribution in [0, 0.1) is 0 Å². The van der Waals surface area contributed by atoms with Crippen LogP contribution in [0.25, 0.3) is 45.6 Å². The van der Waals surface area contributed by atoms with Gasteiger partial charge in [0.05, 0.1) is 0 Å². The lowest BCUT2D eigenvalue weighted by molar-refractivity contribution is 1.53. The number of hydrogen-bond acceptors (Lipinski definition) is 0. The van der Waals surface area contributed by atoms with Crippen molar-refractivity contribution in [2.24, 2.45) is 0 Å². The van der Waals surface area contributed by atoms with E-state index in [2.05, 4.69) is 216 Å². The van der Waals surface area contributed by atoms with Crippen molar-refractivity contribution in [3.8, 4) is 22.3 Å². The van der Waals surface area contributed by atoms with E-state index in [4.69, 9.17) is 0 Å². The third-order valence-corrected chi connectivity index (χ3v) is 8.80. The third kappa shape index (κ3) is 7.33. The van der Waals surface area contributed by atoms with Crippen molar-refractivity contribution in [2.75, 3.05) is 0 Å². The molecule has 0 spiro atoms. The van der Waals surface area contributed by atoms with Gasteiger partial charge >= 0.3 is 0 Å². The van der Waals surface area contributed by atoms with Crippen LogP contribution < -0.4 is 0 Å². The van der Waals surface area contributed by atoms with Crippen LogP contribution in [-0.4, -0.2) is 0 Å². The molecule has 0 aromatic heterocycles. The molecule has 0 saturated carbocycles. The van der Waals surface area contributed by atoms with Crippen LogP contribution in [0.2, 0.25) is 0 Å². The van der Waals surface area contributed by atoms with Gasteiger partial charge in [0.25, 0.3) is 0 Å². The predicted octanol–water partition coefficient (Wildman–Crippen LogP) is 13.0. The molecule has 0 amide bonds. The maximum Gasteiger partial charge on any atom is 0.0187 e. The summed E-state index contributed by atoms with van der Waals surface area (Å²) in [6, 6.07) is 66.7. The molecule has 7 aromatic carbocycles. The lowest BCUT2D eigenvalue weighted by atomic mass is 9.94. The summed E-state index contributed by atoms with van der Waals surface area (Å²) in [7, 11) is 0. The molecule has 0 atom stereocenters. The molecule has 0 aliphatic carbocycles. The van der Waals surface area contributed by atoms with E-state index in [1.165, 1.54) is 66.8 Å². The zero-order chi connectivity index (χ0) is 31.8. The van der Waals surface area contributed by atoms with E-state index in [1.807, 2.05) is 0 Å². The molecule has 7 rings (SSSR count). The predicted molar refractivity (Wildman–Crippen MR) is 205 cm³/mol. The molecule has 1 heteroatoms. The standard InChI is InChI=1S/C46H33Br/c47-44-32-42(36-25-21-34(22-26-36)29-45(38-13-5-1-6-14-38)39-15-7-2-8-16-39)31-43(33-44)37-27-23-35(24-28-37)30-46(40-17-9-3-10-18-40)41-19-11-4-12-20-41/h1-33H. The van der Waals surface area contributed by atoms with E-state index in [1.54, 1.807) is 0 Å². The molecule has 0 fully saturated rings. The molecular formula is C46H33Br. The van der Waals surface area contributed by atoms with Crippen LogP contribution in [0.15, 0.2) is 193 Å². The lowest BCUT2D eigenvalue weighted by Crippen LogP contribution is -1.89. The summed E-state index contributed by atoms with van der Waals surface area (Å²) >= 11 is 3.79. The van der Waals surface area contributed by atoms with Crippen LogP contribution >= 0.6 is 15.9 Å². The average Bonchev–Trinajstić information content (AvgIpc) is 3.14. The van der Waals surface area contributed by atoms with Crippen LogP contribution in [0.5, 0.6) is 0 Å². The lowest BCUT2D eigenvalue weighted by Gasteiger charge is -2.11. The van der Waals surface area contributed by atoms with Gasteiger partial charge in [-0.3, -0.25) is 0 Å². The Bertz CT molecular complexity index is 1890. The van der Waals surface area contributed by atoms with Gasteiger partial charge in [-0.05, 0) is 97.1 Å². The number of halogens is 1. The van der Waals surface area contributed by atoms with Crippen LogP contribution in [0.4, 0.5) is 0 Å². The minimum absolute atomic E-state index is 1.06. The number of hydrogen-bond donors (Lipinski definition) is 0. The Kier molecular flexibility index (Phi) is 9.17. The third-order valence-electron chi connectivity index (χ3n) is 8.35. The number of rotatable bonds is 8. The highest BCUT2D eigenvalue weighted by Crippen LogP contribution is 2.33. The summed E-state index contributed by atoms with van der Waals surface area (Å²) in [5.74, 6) is 0. The highest BCUT2D eigenvalue weighted by atomic mass is 79.9. The van der Waals surface area contributed by atoms with E-state index >= 15 is 0 Å². The van der Waals surface area contributed by atoms with Gasteiger partial charge in [-0.2, -0.15) is 0 Å². The highest BCUT2D eigenvalue weighted by Gasteiger charge is 2.09. The van der Waals surface area contributed by atoms with Crippen LogP contribution in [0.1, 0.15) is 33.4 Å². The van der Waals surface area contributed by atoms with Crippen LogP contribution in [-0.2, 0) is 0 Å². The Hall–Kier alpha value is -5.50. The molecular weight excluding hydrogens is 632 g/mol. The van der Waals surface area contributed by atoms with Crippen LogP contribution in [0.3, 0.4) is 0 Å². The monoisotopic (exact) mass is 664 g/mol. The molecule has 7 aromatic rings. The number of benzene rings is 7. The van der Waals surface area contributed by atoms with E-state index < -0.39 is 0 Å². The molecule has 0 heterocycles. The topological polar surface area (TPSA) is 0 Å². The summed E-state index contributed by atoms with van der Waals surface area (Å²) in [5.41, 5.74) is 14.3. The van der Waals surface area contributed by atoms with Crippen molar-refractivity contribution in [1.82, 2.24) is 0 Å².